The van der Waals surface area contributed by atoms with Gasteiger partial charge in [-0.15, -0.1) is 0 Å². The van der Waals surface area contributed by atoms with Crippen molar-refractivity contribution in [2.45, 2.75) is 26.2 Å². The van der Waals surface area contributed by atoms with Crippen LogP contribution in [0.25, 0.3) is 10.9 Å². The SMILES string of the molecule is CC(=O)N1CCC(C(=O)N(C)CCc2c[nH]c3ccccc23)CC1. The quantitative estimate of drug-likeness (QED) is 0.937. The number of benzene rings is 1. The van der Waals surface area contributed by atoms with E-state index in [1.165, 1.54) is 10.9 Å². The van der Waals surface area contributed by atoms with Gasteiger partial charge in [-0.2, -0.15) is 0 Å². The van der Waals surface area contributed by atoms with Crippen LogP contribution in [0.3, 0.4) is 0 Å². The number of hydrogen-bond acceptors (Lipinski definition) is 2. The molecule has 128 valence electrons. The number of carbonyl (C=O) groups is 2. The Hall–Kier alpha value is -2.30. The fourth-order valence-corrected chi connectivity index (χ4v) is 3.49. The highest BCUT2D eigenvalue weighted by molar-refractivity contribution is 5.83. The van der Waals surface area contributed by atoms with E-state index < -0.39 is 0 Å². The van der Waals surface area contributed by atoms with Crippen molar-refractivity contribution in [2.24, 2.45) is 5.92 Å². The highest BCUT2D eigenvalue weighted by Gasteiger charge is 2.27. The van der Waals surface area contributed by atoms with Crippen molar-refractivity contribution in [3.05, 3.63) is 36.0 Å². The zero-order valence-corrected chi connectivity index (χ0v) is 14.4. The Morgan fingerprint density at radius 2 is 1.96 bits per heavy atom. The molecule has 0 unspecified atom stereocenters. The predicted molar refractivity (Wildman–Crippen MR) is 94.6 cm³/mol. The Balaban J connectivity index is 1.54. The lowest BCUT2D eigenvalue weighted by molar-refractivity contribution is -0.139. The predicted octanol–water partition coefficient (Wildman–Crippen LogP) is 2.43. The molecule has 0 radical (unpaired) electrons. The zero-order chi connectivity index (χ0) is 17.1. The van der Waals surface area contributed by atoms with Crippen LogP contribution in [0.5, 0.6) is 0 Å². The van der Waals surface area contributed by atoms with Crippen LogP contribution < -0.4 is 0 Å². The van der Waals surface area contributed by atoms with E-state index in [4.69, 9.17) is 0 Å². The van der Waals surface area contributed by atoms with Gasteiger partial charge in [0.1, 0.15) is 0 Å². The summed E-state index contributed by atoms with van der Waals surface area (Å²) < 4.78 is 0. The number of fused-ring (bicyclic) bond motifs is 1. The van der Waals surface area contributed by atoms with E-state index in [1.807, 2.05) is 35.2 Å². The molecule has 0 bridgehead atoms. The molecule has 24 heavy (non-hydrogen) atoms. The van der Waals surface area contributed by atoms with Crippen LogP contribution in [0, 0.1) is 5.92 Å². The lowest BCUT2D eigenvalue weighted by atomic mass is 9.95. The molecular weight excluding hydrogens is 302 g/mol. The molecule has 1 aliphatic rings. The van der Waals surface area contributed by atoms with Crippen LogP contribution >= 0.6 is 0 Å². The Morgan fingerprint density at radius 1 is 1.25 bits per heavy atom. The minimum Gasteiger partial charge on any atom is -0.361 e. The summed E-state index contributed by atoms with van der Waals surface area (Å²) in [6.07, 6.45) is 4.43. The maximum atomic E-state index is 12.6. The topological polar surface area (TPSA) is 56.4 Å². The van der Waals surface area contributed by atoms with Crippen molar-refractivity contribution in [1.29, 1.82) is 0 Å². The average molecular weight is 327 g/mol. The van der Waals surface area contributed by atoms with Crippen LogP contribution in [-0.4, -0.2) is 53.3 Å². The number of aromatic amines is 1. The first-order valence-electron chi connectivity index (χ1n) is 8.61. The molecule has 1 fully saturated rings. The van der Waals surface area contributed by atoms with Gasteiger partial charge < -0.3 is 14.8 Å². The number of aromatic nitrogens is 1. The third-order valence-electron chi connectivity index (χ3n) is 5.06. The fraction of sp³-hybridized carbons (Fsp3) is 0.474. The van der Waals surface area contributed by atoms with E-state index >= 15 is 0 Å². The second kappa shape index (κ2) is 7.07. The molecule has 5 heteroatoms. The summed E-state index contributed by atoms with van der Waals surface area (Å²) in [6, 6.07) is 8.24. The first-order valence-corrected chi connectivity index (χ1v) is 8.61. The Kier molecular flexibility index (Phi) is 4.88. The Bertz CT molecular complexity index is 729. The van der Waals surface area contributed by atoms with Crippen molar-refractivity contribution < 1.29 is 9.59 Å². The zero-order valence-electron chi connectivity index (χ0n) is 14.4. The summed E-state index contributed by atoms with van der Waals surface area (Å²) in [4.78, 5) is 30.9. The number of nitrogens with zero attached hydrogens (tertiary/aromatic N) is 2. The van der Waals surface area contributed by atoms with E-state index in [1.54, 1.807) is 6.92 Å². The molecule has 2 aromatic rings. The number of hydrogen-bond donors (Lipinski definition) is 1. The van der Waals surface area contributed by atoms with E-state index in [9.17, 15) is 9.59 Å². The molecule has 5 nitrogen and oxygen atoms in total. The fourth-order valence-electron chi connectivity index (χ4n) is 3.49. The third kappa shape index (κ3) is 3.45. The standard InChI is InChI=1S/C19H25N3O2/c1-14(23)22-11-8-15(9-12-22)19(24)21(2)10-7-16-13-20-18-6-4-3-5-17(16)18/h3-6,13,15,20H,7-12H2,1-2H3. The number of likely N-dealkylation sites (tertiary alicyclic amines) is 1. The summed E-state index contributed by atoms with van der Waals surface area (Å²) in [5.74, 6) is 0.361. The van der Waals surface area contributed by atoms with Gasteiger partial charge in [-0.05, 0) is 30.9 Å². The monoisotopic (exact) mass is 327 g/mol. The van der Waals surface area contributed by atoms with E-state index in [-0.39, 0.29) is 17.7 Å². The molecule has 2 heterocycles. The van der Waals surface area contributed by atoms with Crippen molar-refractivity contribution in [3.8, 4) is 0 Å². The van der Waals surface area contributed by atoms with Crippen LogP contribution in [0.4, 0.5) is 0 Å². The van der Waals surface area contributed by atoms with Gasteiger partial charge in [-0.1, -0.05) is 18.2 Å². The van der Waals surface area contributed by atoms with Gasteiger partial charge in [0.2, 0.25) is 11.8 Å². The highest BCUT2D eigenvalue weighted by Crippen LogP contribution is 2.21. The summed E-state index contributed by atoms with van der Waals surface area (Å²) in [5, 5.41) is 1.23. The van der Waals surface area contributed by atoms with Crippen LogP contribution in [0.15, 0.2) is 30.5 Å². The Morgan fingerprint density at radius 3 is 2.67 bits per heavy atom. The minimum absolute atomic E-state index is 0.0496. The normalized spacial score (nSPS) is 15.7. The van der Waals surface area contributed by atoms with Gasteiger partial charge >= 0.3 is 0 Å². The molecule has 1 aromatic heterocycles. The first kappa shape index (κ1) is 16.6. The number of nitrogens with one attached hydrogen (secondary N) is 1. The highest BCUT2D eigenvalue weighted by atomic mass is 16.2. The molecule has 2 amide bonds. The maximum Gasteiger partial charge on any atom is 0.225 e. The van der Waals surface area contributed by atoms with Gasteiger partial charge in [0.25, 0.3) is 0 Å². The number of piperidine rings is 1. The van der Waals surface area contributed by atoms with Crippen LogP contribution in [0.1, 0.15) is 25.3 Å². The number of H-pyrrole nitrogens is 1. The number of rotatable bonds is 4. The third-order valence-corrected chi connectivity index (χ3v) is 5.06. The molecule has 1 aliphatic heterocycles. The molecule has 3 rings (SSSR count). The number of likely N-dealkylation sites (N-methyl/N-ethyl adjacent to an activating group) is 1. The Labute approximate surface area is 142 Å². The van der Waals surface area contributed by atoms with Crippen molar-refractivity contribution in [3.63, 3.8) is 0 Å². The summed E-state index contributed by atoms with van der Waals surface area (Å²) >= 11 is 0. The van der Waals surface area contributed by atoms with Gasteiger partial charge in [0.15, 0.2) is 0 Å². The lowest BCUT2D eigenvalue weighted by Gasteiger charge is -2.32. The maximum absolute atomic E-state index is 12.6. The average Bonchev–Trinajstić information content (AvgIpc) is 3.02. The molecule has 1 aromatic carbocycles. The molecule has 1 saturated heterocycles. The smallest absolute Gasteiger partial charge is 0.225 e. The molecule has 0 saturated carbocycles. The molecular formula is C19H25N3O2. The van der Waals surface area contributed by atoms with Gasteiger partial charge in [-0.3, -0.25) is 9.59 Å². The van der Waals surface area contributed by atoms with E-state index in [0.717, 1.165) is 24.8 Å². The second-order valence-corrected chi connectivity index (χ2v) is 6.65. The van der Waals surface area contributed by atoms with Crippen molar-refractivity contribution in [1.82, 2.24) is 14.8 Å². The minimum atomic E-state index is 0.0496. The van der Waals surface area contributed by atoms with Gasteiger partial charge in [-0.25, -0.2) is 0 Å². The van der Waals surface area contributed by atoms with Crippen molar-refractivity contribution in [2.75, 3.05) is 26.7 Å². The first-order chi connectivity index (χ1) is 11.6. The van der Waals surface area contributed by atoms with E-state index in [0.29, 0.717) is 19.6 Å². The van der Waals surface area contributed by atoms with Crippen molar-refractivity contribution >= 4 is 22.7 Å². The van der Waals surface area contributed by atoms with E-state index in [2.05, 4.69) is 17.1 Å². The number of para-hydroxylation sites is 1. The summed E-state index contributed by atoms with van der Waals surface area (Å²) in [6.45, 7) is 3.70. The number of amides is 2. The molecule has 0 atom stereocenters. The molecule has 0 spiro atoms. The number of carbonyl (C=O) groups excluding carboxylic acids is 2. The van der Waals surface area contributed by atoms with Gasteiger partial charge in [0.05, 0.1) is 0 Å². The summed E-state index contributed by atoms with van der Waals surface area (Å²) in [7, 11) is 1.88. The van der Waals surface area contributed by atoms with Crippen LogP contribution in [-0.2, 0) is 16.0 Å². The summed E-state index contributed by atoms with van der Waals surface area (Å²) in [5.41, 5.74) is 2.38. The molecule has 0 aliphatic carbocycles. The largest absolute Gasteiger partial charge is 0.361 e. The van der Waals surface area contributed by atoms with Gasteiger partial charge in [0, 0.05) is 56.6 Å². The molecule has 1 N–H and O–H groups in total. The second-order valence-electron chi connectivity index (χ2n) is 6.65. The lowest BCUT2D eigenvalue weighted by Crippen LogP contribution is -2.43. The van der Waals surface area contributed by atoms with Crippen LogP contribution in [0.2, 0.25) is 0 Å².